The summed E-state index contributed by atoms with van der Waals surface area (Å²) in [6, 6.07) is 6.91. The van der Waals surface area contributed by atoms with Crippen LogP contribution in [0, 0.1) is 12.9 Å². The number of carbonyl (C=O) groups excluding carboxylic acids is 1. The molecule has 3 aliphatic heterocycles. The molecule has 0 aliphatic carbocycles. The number of amides is 1. The van der Waals surface area contributed by atoms with Crippen LogP contribution in [0.1, 0.15) is 45.2 Å². The summed E-state index contributed by atoms with van der Waals surface area (Å²) >= 11 is 1.40. The van der Waals surface area contributed by atoms with Crippen molar-refractivity contribution >= 4 is 34.5 Å². The number of halogens is 1. The van der Waals surface area contributed by atoms with Crippen LogP contribution in [0.4, 0.5) is 10.1 Å². The quantitative estimate of drug-likeness (QED) is 0.512. The zero-order valence-corrected chi connectivity index (χ0v) is 20.2. The Kier molecular flexibility index (Phi) is 5.45. The van der Waals surface area contributed by atoms with Gasteiger partial charge in [0.05, 0.1) is 30.5 Å². The van der Waals surface area contributed by atoms with Crippen LogP contribution < -0.4 is 15.8 Å². The molecule has 9 nitrogen and oxygen atoms in total. The van der Waals surface area contributed by atoms with E-state index in [4.69, 9.17) is 19.9 Å². The van der Waals surface area contributed by atoms with E-state index in [1.54, 1.807) is 29.6 Å². The first-order chi connectivity index (χ1) is 17.4. The number of amidine groups is 1. The van der Waals surface area contributed by atoms with Gasteiger partial charge in [0.2, 0.25) is 0 Å². The van der Waals surface area contributed by atoms with Gasteiger partial charge in [-0.3, -0.25) is 4.79 Å². The maximum absolute atomic E-state index is 15.4. The topological polar surface area (TPSA) is 121 Å². The monoisotopic (exact) mass is 507 g/mol. The fraction of sp³-hybridized carbons (Fsp3) is 0.280. The molecule has 5 heterocycles. The molecule has 0 saturated carbocycles. The van der Waals surface area contributed by atoms with Crippen LogP contribution in [-0.2, 0) is 15.0 Å². The van der Waals surface area contributed by atoms with Crippen molar-refractivity contribution < 1.29 is 23.4 Å². The third-order valence-corrected chi connectivity index (χ3v) is 7.15. The SMILES string of the molecule is Cc1nc(C(=O)Nc2ccc3c(c2)[C@@]2(CCOC(N)=N2)c2cc(C4=CCCOC4)nc(F)c2O3)cs1. The minimum atomic E-state index is -1.09. The van der Waals surface area contributed by atoms with E-state index < -0.39 is 11.5 Å². The standard InChI is InChI=1S/C25H22FN5O4S/c1-13-28-19(12-36-13)23(32)29-15-4-5-20-16(9-15)25(6-8-34-24(27)31-25)17-10-18(14-3-2-7-33-11-14)30-22(26)21(17)35-20/h3-5,9-10,12H,2,6-8,11H2,1H3,(H2,27,31)(H,29,32)/t25-/m0/s1. The number of benzene rings is 1. The van der Waals surface area contributed by atoms with Crippen LogP contribution >= 0.6 is 11.3 Å². The summed E-state index contributed by atoms with van der Waals surface area (Å²) in [6.07, 6.45) is 3.11. The number of aryl methyl sites for hydroxylation is 1. The van der Waals surface area contributed by atoms with Gasteiger partial charge in [-0.15, -0.1) is 11.3 Å². The Morgan fingerprint density at radius 1 is 1.22 bits per heavy atom. The average Bonchev–Trinajstić information content (AvgIpc) is 3.32. The van der Waals surface area contributed by atoms with Gasteiger partial charge in [-0.2, -0.15) is 4.39 Å². The second kappa shape index (κ2) is 8.68. The van der Waals surface area contributed by atoms with E-state index in [2.05, 4.69) is 20.3 Å². The van der Waals surface area contributed by atoms with Gasteiger partial charge in [-0.25, -0.2) is 15.0 Å². The zero-order valence-electron chi connectivity index (χ0n) is 19.3. The highest BCUT2D eigenvalue weighted by molar-refractivity contribution is 7.09. The lowest BCUT2D eigenvalue weighted by Crippen LogP contribution is -2.39. The Labute approximate surface area is 209 Å². The molecule has 11 heteroatoms. The number of nitrogens with two attached hydrogens (primary N) is 1. The number of rotatable bonds is 3. The average molecular weight is 508 g/mol. The van der Waals surface area contributed by atoms with Crippen molar-refractivity contribution in [3.63, 3.8) is 0 Å². The maximum atomic E-state index is 15.4. The largest absolute Gasteiger partial charge is 0.465 e. The molecule has 1 amide bonds. The van der Waals surface area contributed by atoms with Crippen LogP contribution in [0.3, 0.4) is 0 Å². The van der Waals surface area contributed by atoms with Gasteiger partial charge in [0.15, 0.2) is 5.75 Å². The smallest absolute Gasteiger partial charge is 0.283 e. The molecule has 3 N–H and O–H groups in total. The van der Waals surface area contributed by atoms with E-state index in [0.717, 1.165) is 17.0 Å². The Bertz CT molecular complexity index is 1450. The fourth-order valence-electron chi connectivity index (χ4n) is 4.71. The van der Waals surface area contributed by atoms with Crippen LogP contribution in [0.25, 0.3) is 5.57 Å². The molecule has 6 rings (SSSR count). The second-order valence-electron chi connectivity index (χ2n) is 8.67. The summed E-state index contributed by atoms with van der Waals surface area (Å²) in [7, 11) is 0. The molecule has 0 radical (unpaired) electrons. The molecule has 1 atom stereocenters. The molecule has 0 saturated heterocycles. The second-order valence-corrected chi connectivity index (χ2v) is 9.74. The lowest BCUT2D eigenvalue weighted by Gasteiger charge is -2.39. The fourth-order valence-corrected chi connectivity index (χ4v) is 5.31. The first kappa shape index (κ1) is 22.6. The predicted octanol–water partition coefficient (Wildman–Crippen LogP) is 4.13. The number of carbonyl (C=O) groups is 1. The Morgan fingerprint density at radius 2 is 2.11 bits per heavy atom. The summed E-state index contributed by atoms with van der Waals surface area (Å²) in [6.45, 7) is 3.07. The predicted molar refractivity (Wildman–Crippen MR) is 132 cm³/mol. The molecule has 1 spiro atoms. The van der Waals surface area contributed by atoms with E-state index in [1.165, 1.54) is 11.3 Å². The molecule has 3 aliphatic rings. The molecule has 0 bridgehead atoms. The lowest BCUT2D eigenvalue weighted by atomic mass is 9.77. The summed E-state index contributed by atoms with van der Waals surface area (Å²) in [5.74, 6) is -0.674. The number of nitrogens with one attached hydrogen (secondary N) is 1. The van der Waals surface area contributed by atoms with Gasteiger partial charge in [0, 0.05) is 28.6 Å². The van der Waals surface area contributed by atoms with Gasteiger partial charge < -0.3 is 25.3 Å². The molecule has 2 aromatic heterocycles. The van der Waals surface area contributed by atoms with Crippen LogP contribution in [0.5, 0.6) is 11.5 Å². The molecule has 36 heavy (non-hydrogen) atoms. The third-order valence-electron chi connectivity index (χ3n) is 6.38. The van der Waals surface area contributed by atoms with Crippen molar-refractivity contribution in [2.45, 2.75) is 25.3 Å². The van der Waals surface area contributed by atoms with E-state index in [9.17, 15) is 4.79 Å². The Balaban J connectivity index is 1.47. The number of aromatic nitrogens is 2. The minimum absolute atomic E-state index is 0.00300. The van der Waals surface area contributed by atoms with Crippen molar-refractivity contribution in [2.24, 2.45) is 10.7 Å². The number of nitrogens with zero attached hydrogens (tertiary/aromatic N) is 3. The number of pyridine rings is 1. The van der Waals surface area contributed by atoms with Crippen molar-refractivity contribution in [3.8, 4) is 11.5 Å². The molecular formula is C25H22FN5O4S. The van der Waals surface area contributed by atoms with E-state index in [-0.39, 0.29) is 24.3 Å². The Hall–Kier alpha value is -3.83. The number of ether oxygens (including phenoxy) is 3. The first-order valence-electron chi connectivity index (χ1n) is 11.4. The van der Waals surface area contributed by atoms with Gasteiger partial charge >= 0.3 is 0 Å². The first-order valence-corrected chi connectivity index (χ1v) is 12.3. The van der Waals surface area contributed by atoms with Crippen molar-refractivity contribution in [3.05, 3.63) is 69.2 Å². The lowest BCUT2D eigenvalue weighted by molar-refractivity contribution is 0.102. The van der Waals surface area contributed by atoms with Gasteiger partial charge in [0.25, 0.3) is 17.9 Å². The molecule has 0 fully saturated rings. The van der Waals surface area contributed by atoms with Gasteiger partial charge in [-0.05, 0) is 43.2 Å². The summed E-state index contributed by atoms with van der Waals surface area (Å²) in [5.41, 5.74) is 8.20. The van der Waals surface area contributed by atoms with Crippen molar-refractivity contribution in [1.29, 1.82) is 0 Å². The number of thiazole rings is 1. The molecular weight excluding hydrogens is 485 g/mol. The minimum Gasteiger partial charge on any atom is -0.465 e. The van der Waals surface area contributed by atoms with E-state index in [0.29, 0.717) is 53.6 Å². The number of anilines is 1. The van der Waals surface area contributed by atoms with Gasteiger partial charge in [-0.1, -0.05) is 6.08 Å². The maximum Gasteiger partial charge on any atom is 0.283 e. The number of aliphatic imine (C=N–C) groups is 1. The highest BCUT2D eigenvalue weighted by Crippen LogP contribution is 2.53. The summed E-state index contributed by atoms with van der Waals surface area (Å²) in [5, 5.41) is 5.38. The highest BCUT2D eigenvalue weighted by Gasteiger charge is 2.46. The van der Waals surface area contributed by atoms with Crippen molar-refractivity contribution in [2.75, 3.05) is 25.1 Å². The Morgan fingerprint density at radius 3 is 2.86 bits per heavy atom. The number of hydrogen-bond acceptors (Lipinski definition) is 9. The van der Waals surface area contributed by atoms with Crippen LogP contribution in [-0.4, -0.2) is 41.7 Å². The van der Waals surface area contributed by atoms with E-state index in [1.807, 2.05) is 13.0 Å². The number of hydrogen-bond donors (Lipinski definition) is 2. The van der Waals surface area contributed by atoms with E-state index >= 15 is 4.39 Å². The summed E-state index contributed by atoms with van der Waals surface area (Å²) < 4.78 is 32.4. The van der Waals surface area contributed by atoms with Crippen LogP contribution in [0.15, 0.2) is 40.7 Å². The highest BCUT2D eigenvalue weighted by atomic mass is 32.1. The molecule has 184 valence electrons. The summed E-state index contributed by atoms with van der Waals surface area (Å²) in [4.78, 5) is 25.8. The normalized spacial score (nSPS) is 20.4. The van der Waals surface area contributed by atoms with Crippen molar-refractivity contribution in [1.82, 2.24) is 9.97 Å². The van der Waals surface area contributed by atoms with Crippen LogP contribution in [0.2, 0.25) is 0 Å². The molecule has 3 aromatic rings. The molecule has 0 unspecified atom stereocenters. The molecule has 1 aromatic carbocycles. The zero-order chi connectivity index (χ0) is 24.9. The van der Waals surface area contributed by atoms with Gasteiger partial charge in [0.1, 0.15) is 17.0 Å². The number of fused-ring (bicyclic) bond motifs is 4. The third kappa shape index (κ3) is 3.80.